The average molecular weight is 313 g/mol. The van der Waals surface area contributed by atoms with E-state index in [1.54, 1.807) is 42.5 Å². The van der Waals surface area contributed by atoms with Gasteiger partial charge in [0.2, 0.25) is 5.91 Å². The Morgan fingerprint density at radius 3 is 2.30 bits per heavy atom. The van der Waals surface area contributed by atoms with Gasteiger partial charge in [-0.1, -0.05) is 18.2 Å². The monoisotopic (exact) mass is 313 g/mol. The lowest BCUT2D eigenvalue weighted by molar-refractivity contribution is -0.114. The summed E-state index contributed by atoms with van der Waals surface area (Å²) in [5.41, 5.74) is 1.90. The number of hydrogen-bond acceptors (Lipinski definition) is 2. The van der Waals surface area contributed by atoms with Gasteiger partial charge in [0.25, 0.3) is 0 Å². The molecule has 0 aliphatic heterocycles. The number of rotatable bonds is 4. The molecule has 0 fully saturated rings. The smallest absolute Gasteiger partial charge is 0.323 e. The van der Waals surface area contributed by atoms with Crippen molar-refractivity contribution in [2.24, 2.45) is 0 Å². The lowest BCUT2D eigenvalue weighted by Gasteiger charge is -2.07. The van der Waals surface area contributed by atoms with Gasteiger partial charge in [-0.05, 0) is 42.0 Å². The van der Waals surface area contributed by atoms with Crippen LogP contribution in [0.25, 0.3) is 6.08 Å². The van der Waals surface area contributed by atoms with Gasteiger partial charge in [-0.15, -0.1) is 0 Å². The molecule has 0 aromatic heterocycles. The minimum absolute atomic E-state index is 0.186. The first-order chi connectivity index (χ1) is 11.0. The number of carbonyl (C=O) groups is 2. The summed E-state index contributed by atoms with van der Waals surface area (Å²) in [6.45, 7) is 1.41. The standard InChI is InChI=1S/C17H16FN3O2/c1-12(22)20-15-3-2-4-16(11-15)21-17(23)19-10-9-13-5-7-14(18)8-6-13/h2-11H,1H3,(H,20,22)(H2,19,21,23)/b10-9+. The second kappa shape index (κ2) is 7.74. The van der Waals surface area contributed by atoms with E-state index in [-0.39, 0.29) is 11.7 Å². The predicted molar refractivity (Wildman–Crippen MR) is 88.3 cm³/mol. The Hall–Kier alpha value is -3.15. The van der Waals surface area contributed by atoms with Crippen molar-refractivity contribution in [1.29, 1.82) is 0 Å². The number of hydrogen-bond donors (Lipinski definition) is 3. The molecule has 0 atom stereocenters. The summed E-state index contributed by atoms with van der Waals surface area (Å²) in [6, 6.07) is 12.2. The number of nitrogens with one attached hydrogen (secondary N) is 3. The number of benzene rings is 2. The van der Waals surface area contributed by atoms with Crippen molar-refractivity contribution in [3.05, 3.63) is 66.1 Å². The quantitative estimate of drug-likeness (QED) is 0.807. The number of urea groups is 1. The average Bonchev–Trinajstić information content (AvgIpc) is 2.49. The van der Waals surface area contributed by atoms with Crippen molar-refractivity contribution in [2.75, 3.05) is 10.6 Å². The van der Waals surface area contributed by atoms with Gasteiger partial charge in [0.1, 0.15) is 5.82 Å². The van der Waals surface area contributed by atoms with Gasteiger partial charge in [-0.25, -0.2) is 9.18 Å². The van der Waals surface area contributed by atoms with Crippen LogP contribution in [-0.4, -0.2) is 11.9 Å². The van der Waals surface area contributed by atoms with Crippen LogP contribution in [0.5, 0.6) is 0 Å². The van der Waals surface area contributed by atoms with E-state index in [9.17, 15) is 14.0 Å². The molecule has 0 spiro atoms. The van der Waals surface area contributed by atoms with Crippen LogP contribution in [0.2, 0.25) is 0 Å². The Bertz CT molecular complexity index is 727. The maximum atomic E-state index is 12.8. The van der Waals surface area contributed by atoms with E-state index in [4.69, 9.17) is 0 Å². The highest BCUT2D eigenvalue weighted by molar-refractivity contribution is 5.93. The van der Waals surface area contributed by atoms with Crippen LogP contribution in [0.15, 0.2) is 54.7 Å². The van der Waals surface area contributed by atoms with Crippen molar-refractivity contribution in [3.8, 4) is 0 Å². The Balaban J connectivity index is 1.89. The molecule has 5 nitrogen and oxygen atoms in total. The van der Waals surface area contributed by atoms with Crippen molar-refractivity contribution in [1.82, 2.24) is 5.32 Å². The Morgan fingerprint density at radius 1 is 1.00 bits per heavy atom. The Labute approximate surface area is 133 Å². The predicted octanol–water partition coefficient (Wildman–Crippen LogP) is 3.58. The van der Waals surface area contributed by atoms with E-state index in [0.29, 0.717) is 11.4 Å². The molecule has 0 saturated heterocycles. The lowest BCUT2D eigenvalue weighted by atomic mass is 10.2. The van der Waals surface area contributed by atoms with Gasteiger partial charge in [-0.2, -0.15) is 0 Å². The van der Waals surface area contributed by atoms with Gasteiger partial charge in [-0.3, -0.25) is 4.79 Å². The topological polar surface area (TPSA) is 70.2 Å². The highest BCUT2D eigenvalue weighted by Gasteiger charge is 2.01. The fraction of sp³-hybridized carbons (Fsp3) is 0.0588. The van der Waals surface area contributed by atoms with Crippen LogP contribution >= 0.6 is 0 Å². The van der Waals surface area contributed by atoms with Crippen LogP contribution in [0.1, 0.15) is 12.5 Å². The molecule has 0 bridgehead atoms. The number of amides is 3. The van der Waals surface area contributed by atoms with E-state index in [2.05, 4.69) is 16.0 Å². The van der Waals surface area contributed by atoms with Crippen molar-refractivity contribution < 1.29 is 14.0 Å². The van der Waals surface area contributed by atoms with E-state index >= 15 is 0 Å². The normalized spacial score (nSPS) is 10.3. The molecule has 6 heteroatoms. The molecule has 3 amide bonds. The molecule has 2 aromatic carbocycles. The van der Waals surface area contributed by atoms with E-state index in [1.165, 1.54) is 25.3 Å². The maximum Gasteiger partial charge on any atom is 0.323 e. The SMILES string of the molecule is CC(=O)Nc1cccc(NC(=O)N/C=C/c2ccc(F)cc2)c1. The second-order valence-electron chi connectivity index (χ2n) is 4.75. The van der Waals surface area contributed by atoms with E-state index in [0.717, 1.165) is 5.56 Å². The molecule has 118 valence electrons. The first-order valence-corrected chi connectivity index (χ1v) is 6.90. The Morgan fingerprint density at radius 2 is 1.65 bits per heavy atom. The molecule has 0 aliphatic carbocycles. The lowest BCUT2D eigenvalue weighted by Crippen LogP contribution is -2.23. The zero-order valence-corrected chi connectivity index (χ0v) is 12.5. The summed E-state index contributed by atoms with van der Waals surface area (Å²) in [7, 11) is 0. The summed E-state index contributed by atoms with van der Waals surface area (Å²) in [5.74, 6) is -0.499. The van der Waals surface area contributed by atoms with Gasteiger partial charge >= 0.3 is 6.03 Å². The van der Waals surface area contributed by atoms with Crippen LogP contribution in [-0.2, 0) is 4.79 Å². The van der Waals surface area contributed by atoms with Gasteiger partial charge in [0.15, 0.2) is 0 Å². The van der Waals surface area contributed by atoms with Crippen molar-refractivity contribution in [2.45, 2.75) is 6.92 Å². The molecule has 0 saturated carbocycles. The summed E-state index contributed by atoms with van der Waals surface area (Å²) in [4.78, 5) is 22.8. The molecule has 0 unspecified atom stereocenters. The second-order valence-corrected chi connectivity index (χ2v) is 4.75. The third-order valence-corrected chi connectivity index (χ3v) is 2.80. The summed E-state index contributed by atoms with van der Waals surface area (Å²) < 4.78 is 12.8. The molecule has 0 heterocycles. The summed E-state index contributed by atoms with van der Waals surface area (Å²) in [5, 5.41) is 7.81. The molecule has 0 radical (unpaired) electrons. The first-order valence-electron chi connectivity index (χ1n) is 6.90. The molecule has 3 N–H and O–H groups in total. The van der Waals surface area contributed by atoms with Crippen LogP contribution in [0.3, 0.4) is 0 Å². The molecule has 2 rings (SSSR count). The Kier molecular flexibility index (Phi) is 5.46. The first kappa shape index (κ1) is 16.2. The number of anilines is 2. The van der Waals surface area contributed by atoms with Gasteiger partial charge in [0.05, 0.1) is 0 Å². The molecular formula is C17H16FN3O2. The third-order valence-electron chi connectivity index (χ3n) is 2.80. The number of halogens is 1. The zero-order valence-electron chi connectivity index (χ0n) is 12.5. The third kappa shape index (κ3) is 5.62. The highest BCUT2D eigenvalue weighted by atomic mass is 19.1. The fourth-order valence-electron chi connectivity index (χ4n) is 1.83. The summed E-state index contributed by atoms with van der Waals surface area (Å²) >= 11 is 0. The van der Waals surface area contributed by atoms with Crippen LogP contribution < -0.4 is 16.0 Å². The van der Waals surface area contributed by atoms with Crippen LogP contribution in [0, 0.1) is 5.82 Å². The molecular weight excluding hydrogens is 297 g/mol. The van der Waals surface area contributed by atoms with E-state index < -0.39 is 6.03 Å². The number of carbonyl (C=O) groups excluding carboxylic acids is 2. The van der Waals surface area contributed by atoms with E-state index in [1.807, 2.05) is 0 Å². The van der Waals surface area contributed by atoms with Crippen molar-refractivity contribution >= 4 is 29.4 Å². The van der Waals surface area contributed by atoms with Gasteiger partial charge in [0, 0.05) is 24.5 Å². The maximum absolute atomic E-state index is 12.8. The zero-order chi connectivity index (χ0) is 16.7. The molecule has 23 heavy (non-hydrogen) atoms. The minimum Gasteiger partial charge on any atom is -0.326 e. The van der Waals surface area contributed by atoms with Gasteiger partial charge < -0.3 is 16.0 Å². The summed E-state index contributed by atoms with van der Waals surface area (Å²) in [6.07, 6.45) is 3.10. The molecule has 0 aliphatic rings. The fourth-order valence-corrected chi connectivity index (χ4v) is 1.83. The largest absolute Gasteiger partial charge is 0.326 e. The molecule has 2 aromatic rings. The van der Waals surface area contributed by atoms with Crippen molar-refractivity contribution in [3.63, 3.8) is 0 Å². The highest BCUT2D eigenvalue weighted by Crippen LogP contribution is 2.14. The minimum atomic E-state index is -0.427. The van der Waals surface area contributed by atoms with Crippen LogP contribution in [0.4, 0.5) is 20.6 Å².